The molecule has 0 heterocycles. The number of aldehydes is 1. The van der Waals surface area contributed by atoms with Crippen molar-refractivity contribution in [1.82, 2.24) is 0 Å². The fourth-order valence-corrected chi connectivity index (χ4v) is 7.39. The quantitative estimate of drug-likeness (QED) is 0.240. The monoisotopic (exact) mass is 522 g/mol. The molecule has 2 rings (SSSR count). The summed E-state index contributed by atoms with van der Waals surface area (Å²) in [5.41, 5.74) is 0.375. The van der Waals surface area contributed by atoms with Gasteiger partial charge < -0.3 is 23.1 Å². The van der Waals surface area contributed by atoms with Crippen molar-refractivity contribution in [1.29, 1.82) is 0 Å². The first-order valence-corrected chi connectivity index (χ1v) is 18.7. The molecule has 1 saturated carbocycles. The number of carbonyl (C=O) groups is 1. The van der Waals surface area contributed by atoms with Crippen molar-refractivity contribution < 1.29 is 23.1 Å². The minimum Gasteiger partial charge on any atom is -0.497 e. The first-order chi connectivity index (χ1) is 15.9. The summed E-state index contributed by atoms with van der Waals surface area (Å²) in [5.74, 6) is 0.660. The predicted molar refractivity (Wildman–Crippen MR) is 149 cm³/mol. The Labute approximate surface area is 216 Å². The van der Waals surface area contributed by atoms with Gasteiger partial charge in [-0.25, -0.2) is 0 Å². The van der Waals surface area contributed by atoms with Gasteiger partial charge >= 0.3 is 0 Å². The molecule has 7 heteroatoms. The van der Waals surface area contributed by atoms with Gasteiger partial charge in [0.1, 0.15) is 12.0 Å². The zero-order valence-corrected chi connectivity index (χ0v) is 26.3. The summed E-state index contributed by atoms with van der Waals surface area (Å²) < 4.78 is 25.6. The first-order valence-electron chi connectivity index (χ1n) is 12.9. The van der Waals surface area contributed by atoms with Gasteiger partial charge in [-0.05, 0) is 66.3 Å². The van der Waals surface area contributed by atoms with Gasteiger partial charge in [-0.1, -0.05) is 60.6 Å². The molecule has 0 bridgehead atoms. The number of rotatable bonds is 10. The normalized spacial score (nSPS) is 26.1. The minimum absolute atomic E-state index is 0.0189. The molecular weight excluding hydrogens is 472 g/mol. The maximum Gasteiger partial charge on any atom is 0.192 e. The van der Waals surface area contributed by atoms with Crippen LogP contribution in [-0.4, -0.2) is 48.3 Å². The second kappa shape index (κ2) is 10.8. The highest BCUT2D eigenvalue weighted by Crippen LogP contribution is 2.51. The first kappa shape index (κ1) is 30.2. The zero-order valence-electron chi connectivity index (χ0n) is 24.3. The highest BCUT2D eigenvalue weighted by Gasteiger charge is 2.58. The molecule has 1 fully saturated rings. The number of benzene rings is 1. The molecule has 0 N–H and O–H groups in total. The molecule has 1 aromatic carbocycles. The van der Waals surface area contributed by atoms with Crippen LogP contribution >= 0.6 is 0 Å². The zero-order chi connectivity index (χ0) is 26.9. The van der Waals surface area contributed by atoms with E-state index in [1.807, 2.05) is 24.3 Å². The Bertz CT molecular complexity index is 838. The van der Waals surface area contributed by atoms with Gasteiger partial charge in [-0.2, -0.15) is 0 Å². The van der Waals surface area contributed by atoms with Crippen molar-refractivity contribution in [2.45, 2.75) is 109 Å². The summed E-state index contributed by atoms with van der Waals surface area (Å²) in [4.78, 5) is 12.8. The maximum absolute atomic E-state index is 12.8. The highest BCUT2D eigenvalue weighted by atomic mass is 28.4. The third-order valence-corrected chi connectivity index (χ3v) is 17.6. The van der Waals surface area contributed by atoms with Crippen molar-refractivity contribution in [2.24, 2.45) is 11.8 Å². The van der Waals surface area contributed by atoms with Crippen LogP contribution in [-0.2, 0) is 25.0 Å². The molecule has 0 spiro atoms. The number of hydrogen-bond donors (Lipinski definition) is 0. The van der Waals surface area contributed by atoms with Crippen LogP contribution in [0.2, 0.25) is 36.3 Å². The molecule has 0 unspecified atom stereocenters. The van der Waals surface area contributed by atoms with Gasteiger partial charge in [0.05, 0.1) is 37.9 Å². The van der Waals surface area contributed by atoms with Gasteiger partial charge in [0.2, 0.25) is 0 Å². The minimum atomic E-state index is -2.20. The van der Waals surface area contributed by atoms with Crippen molar-refractivity contribution in [3.05, 3.63) is 29.8 Å². The average Bonchev–Trinajstić information content (AvgIpc) is 2.96. The van der Waals surface area contributed by atoms with Crippen LogP contribution in [0.1, 0.15) is 60.5 Å². The molecule has 0 radical (unpaired) electrons. The van der Waals surface area contributed by atoms with Crippen LogP contribution in [0.5, 0.6) is 5.75 Å². The lowest BCUT2D eigenvalue weighted by Gasteiger charge is -2.46. The smallest absolute Gasteiger partial charge is 0.192 e. The second-order valence-corrected chi connectivity index (χ2v) is 22.9. The fourth-order valence-electron chi connectivity index (χ4n) is 4.38. The summed E-state index contributed by atoms with van der Waals surface area (Å²) in [5, 5.41) is 0.0849. The van der Waals surface area contributed by atoms with Crippen LogP contribution < -0.4 is 4.74 Å². The molecular formula is C28H50O5Si2. The summed E-state index contributed by atoms with van der Waals surface area (Å²) in [6.07, 6.45) is 1.68. The summed E-state index contributed by atoms with van der Waals surface area (Å²) in [6, 6.07) is 7.90. The van der Waals surface area contributed by atoms with E-state index in [4.69, 9.17) is 18.3 Å². The van der Waals surface area contributed by atoms with Gasteiger partial charge in [0, 0.05) is 0 Å². The Kier molecular flexibility index (Phi) is 9.31. The Hall–Kier alpha value is -0.996. The van der Waals surface area contributed by atoms with Gasteiger partial charge in [-0.3, -0.25) is 0 Å². The largest absolute Gasteiger partial charge is 0.497 e. The number of carbonyl (C=O) groups excluding carboxylic acids is 1. The van der Waals surface area contributed by atoms with E-state index in [-0.39, 0.29) is 28.0 Å². The lowest BCUT2D eigenvalue weighted by atomic mass is 9.92. The van der Waals surface area contributed by atoms with Gasteiger partial charge in [0.15, 0.2) is 16.6 Å². The van der Waals surface area contributed by atoms with Crippen LogP contribution in [0, 0.1) is 11.8 Å². The van der Waals surface area contributed by atoms with Crippen molar-refractivity contribution in [3.63, 3.8) is 0 Å². The standard InChI is InChI=1S/C28H50O5Si2/c1-21-17-28(33-35(11,12)27(5,6)7,20-31-19-22-13-15-23(30-8)16-14-22)24(18-29)25(21)32-34(9,10)26(2,3)4/h13-16,18,21,24-25H,17,19-20H2,1-12H3/t21-,24-,25+,28-/m0/s1. The molecule has 5 nitrogen and oxygen atoms in total. The predicted octanol–water partition coefficient (Wildman–Crippen LogP) is 7.22. The van der Waals surface area contributed by atoms with E-state index in [0.29, 0.717) is 13.2 Å². The van der Waals surface area contributed by atoms with Crippen LogP contribution in [0.15, 0.2) is 24.3 Å². The molecule has 0 amide bonds. The summed E-state index contributed by atoms with van der Waals surface area (Å²) >= 11 is 0. The van der Waals surface area contributed by atoms with E-state index in [9.17, 15) is 4.79 Å². The Morgan fingerprint density at radius 1 is 0.971 bits per heavy atom. The highest BCUT2D eigenvalue weighted by molar-refractivity contribution is 6.74. The fraction of sp³-hybridized carbons (Fsp3) is 0.750. The van der Waals surface area contributed by atoms with Crippen molar-refractivity contribution in [3.8, 4) is 5.75 Å². The Morgan fingerprint density at radius 2 is 1.51 bits per heavy atom. The van der Waals surface area contributed by atoms with Gasteiger partial charge in [0.25, 0.3) is 0 Å². The molecule has 1 aromatic rings. The summed E-state index contributed by atoms with van der Waals surface area (Å²) in [6.45, 7) is 25.5. The molecule has 0 saturated heterocycles. The van der Waals surface area contributed by atoms with Crippen molar-refractivity contribution >= 4 is 22.9 Å². The molecule has 0 aliphatic heterocycles. The summed E-state index contributed by atoms with van der Waals surface area (Å²) in [7, 11) is -2.61. The van der Waals surface area contributed by atoms with E-state index in [1.54, 1.807) is 7.11 Å². The van der Waals surface area contributed by atoms with Crippen molar-refractivity contribution in [2.75, 3.05) is 13.7 Å². The maximum atomic E-state index is 12.8. The van der Waals surface area contributed by atoms with Crippen LogP contribution in [0.4, 0.5) is 0 Å². The lowest BCUT2D eigenvalue weighted by molar-refractivity contribution is -0.127. The third kappa shape index (κ3) is 6.86. The molecule has 200 valence electrons. The second-order valence-electron chi connectivity index (χ2n) is 13.5. The van der Waals surface area contributed by atoms with E-state index in [1.165, 1.54) is 0 Å². The number of ether oxygens (including phenoxy) is 2. The van der Waals surface area contributed by atoms with E-state index in [2.05, 4.69) is 74.7 Å². The number of hydrogen-bond acceptors (Lipinski definition) is 5. The number of methoxy groups -OCH3 is 1. The SMILES string of the molecule is COc1ccc(COC[C@@]2(O[Si](C)(C)C(C)(C)C)C[C@H](C)[C@@H](O[Si](C)(C)C(C)(C)C)[C@@H]2C=O)cc1. The lowest BCUT2D eigenvalue weighted by Crippen LogP contribution is -2.56. The molecule has 1 aliphatic carbocycles. The van der Waals surface area contributed by atoms with E-state index in [0.717, 1.165) is 24.0 Å². The average molecular weight is 523 g/mol. The molecule has 35 heavy (non-hydrogen) atoms. The topological polar surface area (TPSA) is 54.0 Å². The third-order valence-electron chi connectivity index (χ3n) is 8.61. The van der Waals surface area contributed by atoms with Gasteiger partial charge in [-0.15, -0.1) is 0 Å². The molecule has 0 aromatic heterocycles. The van der Waals surface area contributed by atoms with Crippen LogP contribution in [0.3, 0.4) is 0 Å². The van der Waals surface area contributed by atoms with E-state index < -0.39 is 22.2 Å². The molecule has 4 atom stereocenters. The Balaban J connectivity index is 2.37. The molecule has 1 aliphatic rings. The Morgan fingerprint density at radius 3 is 1.97 bits per heavy atom. The van der Waals surface area contributed by atoms with E-state index >= 15 is 0 Å². The van der Waals surface area contributed by atoms with Crippen LogP contribution in [0.25, 0.3) is 0 Å².